The molecule has 6 nitrogen and oxygen atoms in total. The Labute approximate surface area is 99.1 Å². The van der Waals surface area contributed by atoms with Crippen molar-refractivity contribution in [1.29, 1.82) is 0 Å². The SMILES string of the molecule is COC(=O)CCNc1ccccc1/C(N)=N/O. The first-order valence-electron chi connectivity index (χ1n) is 5.06. The standard InChI is InChI=1S/C11H15N3O3/c1-17-10(15)6-7-13-9-5-3-2-4-8(9)11(12)14-16/h2-5,13,16H,6-7H2,1H3,(H2,12,14). The highest BCUT2D eigenvalue weighted by atomic mass is 16.5. The number of para-hydroxylation sites is 1. The molecule has 0 aliphatic carbocycles. The lowest BCUT2D eigenvalue weighted by atomic mass is 10.1. The molecule has 0 fully saturated rings. The van der Waals surface area contributed by atoms with Crippen LogP contribution in [0.3, 0.4) is 0 Å². The minimum Gasteiger partial charge on any atom is -0.469 e. The van der Waals surface area contributed by atoms with Crippen LogP contribution >= 0.6 is 0 Å². The maximum Gasteiger partial charge on any atom is 0.307 e. The van der Waals surface area contributed by atoms with E-state index < -0.39 is 0 Å². The van der Waals surface area contributed by atoms with Crippen molar-refractivity contribution in [3.05, 3.63) is 29.8 Å². The predicted octanol–water partition coefficient (Wildman–Crippen LogP) is 0.756. The number of amidine groups is 1. The van der Waals surface area contributed by atoms with Crippen molar-refractivity contribution in [3.8, 4) is 0 Å². The van der Waals surface area contributed by atoms with E-state index in [9.17, 15) is 4.79 Å². The summed E-state index contributed by atoms with van der Waals surface area (Å²) in [7, 11) is 1.34. The molecule has 0 unspecified atom stereocenters. The molecule has 0 atom stereocenters. The molecule has 1 rings (SSSR count). The summed E-state index contributed by atoms with van der Waals surface area (Å²) in [6.45, 7) is 0.419. The molecule has 4 N–H and O–H groups in total. The highest BCUT2D eigenvalue weighted by Crippen LogP contribution is 2.14. The van der Waals surface area contributed by atoms with Crippen molar-refractivity contribution in [2.75, 3.05) is 19.0 Å². The molecule has 0 spiro atoms. The van der Waals surface area contributed by atoms with Gasteiger partial charge in [0.15, 0.2) is 5.84 Å². The average molecular weight is 237 g/mol. The monoisotopic (exact) mass is 237 g/mol. The summed E-state index contributed by atoms with van der Waals surface area (Å²) in [6.07, 6.45) is 0.251. The fourth-order valence-corrected chi connectivity index (χ4v) is 1.32. The predicted molar refractivity (Wildman–Crippen MR) is 64.1 cm³/mol. The fraction of sp³-hybridized carbons (Fsp3) is 0.273. The van der Waals surface area contributed by atoms with E-state index in [0.717, 1.165) is 0 Å². The zero-order chi connectivity index (χ0) is 12.7. The molecule has 92 valence electrons. The maximum atomic E-state index is 10.9. The van der Waals surface area contributed by atoms with Gasteiger partial charge in [0, 0.05) is 17.8 Å². The first-order chi connectivity index (χ1) is 8.19. The Morgan fingerprint density at radius 2 is 2.24 bits per heavy atom. The number of nitrogens with one attached hydrogen (secondary N) is 1. The van der Waals surface area contributed by atoms with Crippen molar-refractivity contribution in [2.24, 2.45) is 10.9 Å². The zero-order valence-corrected chi connectivity index (χ0v) is 9.51. The number of nitrogens with two attached hydrogens (primary N) is 1. The van der Waals surface area contributed by atoms with E-state index in [1.807, 2.05) is 6.07 Å². The lowest BCUT2D eigenvalue weighted by Gasteiger charge is -2.10. The zero-order valence-electron chi connectivity index (χ0n) is 9.51. The van der Waals surface area contributed by atoms with Crippen LogP contribution < -0.4 is 11.1 Å². The lowest BCUT2D eigenvalue weighted by Crippen LogP contribution is -2.17. The second kappa shape index (κ2) is 6.37. The van der Waals surface area contributed by atoms with Gasteiger partial charge in [0.2, 0.25) is 0 Å². The highest BCUT2D eigenvalue weighted by molar-refractivity contribution is 6.02. The summed E-state index contributed by atoms with van der Waals surface area (Å²) < 4.78 is 4.52. The van der Waals surface area contributed by atoms with Gasteiger partial charge in [-0.2, -0.15) is 0 Å². The number of methoxy groups -OCH3 is 1. The Balaban J connectivity index is 2.68. The number of esters is 1. The van der Waals surface area contributed by atoms with E-state index in [-0.39, 0.29) is 18.2 Å². The average Bonchev–Trinajstić information content (AvgIpc) is 2.38. The van der Waals surface area contributed by atoms with Crippen LogP contribution in [0.25, 0.3) is 0 Å². The highest BCUT2D eigenvalue weighted by Gasteiger charge is 2.06. The number of carbonyl (C=O) groups is 1. The van der Waals surface area contributed by atoms with Crippen molar-refractivity contribution in [1.82, 2.24) is 0 Å². The van der Waals surface area contributed by atoms with E-state index in [4.69, 9.17) is 10.9 Å². The van der Waals surface area contributed by atoms with Gasteiger partial charge in [0.1, 0.15) is 0 Å². The molecular weight excluding hydrogens is 222 g/mol. The second-order valence-electron chi connectivity index (χ2n) is 3.28. The molecule has 0 bridgehead atoms. The van der Waals surface area contributed by atoms with E-state index in [2.05, 4.69) is 15.2 Å². The van der Waals surface area contributed by atoms with Crippen LogP contribution in [0.15, 0.2) is 29.4 Å². The van der Waals surface area contributed by atoms with E-state index >= 15 is 0 Å². The summed E-state index contributed by atoms with van der Waals surface area (Å²) in [5, 5.41) is 14.6. The minimum absolute atomic E-state index is 0.0196. The molecule has 6 heteroatoms. The number of nitrogens with zero attached hydrogens (tertiary/aromatic N) is 1. The third-order valence-corrected chi connectivity index (χ3v) is 2.18. The summed E-state index contributed by atoms with van der Waals surface area (Å²) in [4.78, 5) is 10.9. The van der Waals surface area contributed by atoms with Crippen molar-refractivity contribution >= 4 is 17.5 Å². The Morgan fingerprint density at radius 3 is 2.88 bits per heavy atom. The second-order valence-corrected chi connectivity index (χ2v) is 3.28. The van der Waals surface area contributed by atoms with Crippen molar-refractivity contribution in [3.63, 3.8) is 0 Å². The van der Waals surface area contributed by atoms with Gasteiger partial charge in [-0.3, -0.25) is 4.79 Å². The maximum absolute atomic E-state index is 10.9. The number of ether oxygens (including phenoxy) is 1. The number of anilines is 1. The quantitative estimate of drug-likeness (QED) is 0.231. The van der Waals surface area contributed by atoms with Crippen molar-refractivity contribution < 1.29 is 14.7 Å². The molecule has 0 aliphatic heterocycles. The molecule has 0 amide bonds. The molecule has 0 saturated carbocycles. The van der Waals surface area contributed by atoms with Gasteiger partial charge in [-0.05, 0) is 12.1 Å². The number of rotatable bonds is 5. The molecule has 0 aliphatic rings. The fourth-order valence-electron chi connectivity index (χ4n) is 1.32. The Hall–Kier alpha value is -2.24. The van der Waals surface area contributed by atoms with E-state index in [1.54, 1.807) is 18.2 Å². The van der Waals surface area contributed by atoms with Crippen LogP contribution in [0.1, 0.15) is 12.0 Å². The summed E-state index contributed by atoms with van der Waals surface area (Å²) in [5.41, 5.74) is 6.81. The van der Waals surface area contributed by atoms with Crippen molar-refractivity contribution in [2.45, 2.75) is 6.42 Å². The summed E-state index contributed by atoms with van der Waals surface area (Å²) in [5.74, 6) is -0.273. The van der Waals surface area contributed by atoms with Gasteiger partial charge in [-0.1, -0.05) is 17.3 Å². The van der Waals surface area contributed by atoms with Gasteiger partial charge in [0.05, 0.1) is 13.5 Å². The van der Waals surface area contributed by atoms with Gasteiger partial charge in [0.25, 0.3) is 0 Å². The van der Waals surface area contributed by atoms with Gasteiger partial charge >= 0.3 is 5.97 Å². The van der Waals surface area contributed by atoms with Gasteiger partial charge < -0.3 is 21.0 Å². The van der Waals surface area contributed by atoms with Crippen LogP contribution in [-0.4, -0.2) is 30.7 Å². The molecule has 17 heavy (non-hydrogen) atoms. The van der Waals surface area contributed by atoms with Crippen LogP contribution in [-0.2, 0) is 9.53 Å². The Bertz CT molecular complexity index is 418. The van der Waals surface area contributed by atoms with Crippen LogP contribution in [0.5, 0.6) is 0 Å². The smallest absolute Gasteiger partial charge is 0.307 e. The number of hydrogen-bond donors (Lipinski definition) is 3. The van der Waals surface area contributed by atoms with E-state index in [0.29, 0.717) is 17.8 Å². The normalized spacial score (nSPS) is 11.0. The third-order valence-electron chi connectivity index (χ3n) is 2.18. The molecule has 1 aromatic carbocycles. The molecule has 0 saturated heterocycles. The first-order valence-corrected chi connectivity index (χ1v) is 5.06. The number of hydrogen-bond acceptors (Lipinski definition) is 5. The van der Waals surface area contributed by atoms with Gasteiger partial charge in [-0.15, -0.1) is 0 Å². The van der Waals surface area contributed by atoms with E-state index in [1.165, 1.54) is 7.11 Å². The third kappa shape index (κ3) is 3.67. The van der Waals surface area contributed by atoms with Gasteiger partial charge in [-0.25, -0.2) is 0 Å². The number of benzene rings is 1. The molecule has 1 aromatic rings. The van der Waals surface area contributed by atoms with Crippen LogP contribution in [0, 0.1) is 0 Å². The molecular formula is C11H15N3O3. The first kappa shape index (κ1) is 12.8. The topological polar surface area (TPSA) is 96.9 Å². The summed E-state index contributed by atoms with van der Waals surface area (Å²) in [6, 6.07) is 7.09. The van der Waals surface area contributed by atoms with Crippen LogP contribution in [0.2, 0.25) is 0 Å². The Morgan fingerprint density at radius 1 is 1.53 bits per heavy atom. The summed E-state index contributed by atoms with van der Waals surface area (Å²) >= 11 is 0. The largest absolute Gasteiger partial charge is 0.469 e. The minimum atomic E-state index is -0.293. The lowest BCUT2D eigenvalue weighted by molar-refractivity contribution is -0.140. The molecule has 0 radical (unpaired) electrons. The Kier molecular flexibility index (Phi) is 4.80. The number of carbonyl (C=O) groups excluding carboxylic acids is 1. The number of oxime groups is 1. The molecule has 0 aromatic heterocycles. The molecule has 0 heterocycles. The van der Waals surface area contributed by atoms with Crippen LogP contribution in [0.4, 0.5) is 5.69 Å².